The predicted octanol–water partition coefficient (Wildman–Crippen LogP) is 5.12. The van der Waals surface area contributed by atoms with E-state index < -0.39 is 31.9 Å². The van der Waals surface area contributed by atoms with Crippen LogP contribution in [-0.2, 0) is 14.6 Å². The molecule has 3 aliphatic heterocycles. The lowest BCUT2D eigenvalue weighted by Crippen LogP contribution is -2.60. The fourth-order valence-corrected chi connectivity index (χ4v) is 8.59. The summed E-state index contributed by atoms with van der Waals surface area (Å²) in [5.41, 5.74) is 1.30. The third-order valence-corrected chi connectivity index (χ3v) is 10.4. The molecule has 2 fully saturated rings. The standard InChI is InChI=1S/C23H28BrNO6S/c1-5-31-21(26)18-11-14(24)10-17-19(12-25(20(17)18,22(27)28)23(2,3)4)13-8-15-6-7-16(9-13)32(15,29)30/h10-13,15-16H,5-9H2,1-4H3/p+1. The normalized spacial score (nSPS) is 30.5. The molecule has 3 unspecified atom stereocenters. The zero-order valence-electron chi connectivity index (χ0n) is 18.7. The molecule has 0 saturated carbocycles. The number of hydrogen-bond donors (Lipinski definition) is 1. The second kappa shape index (κ2) is 7.67. The fourth-order valence-electron chi connectivity index (χ4n) is 5.66. The van der Waals surface area contributed by atoms with E-state index in [2.05, 4.69) is 15.9 Å². The Morgan fingerprint density at radius 2 is 1.78 bits per heavy atom. The van der Waals surface area contributed by atoms with Gasteiger partial charge in [-0.25, -0.2) is 13.2 Å². The number of sulfone groups is 1. The number of quaternary nitrogens is 1. The van der Waals surface area contributed by atoms with E-state index in [0.29, 0.717) is 41.4 Å². The largest absolute Gasteiger partial charge is 0.524 e. The van der Waals surface area contributed by atoms with Crippen molar-refractivity contribution in [3.05, 3.63) is 33.9 Å². The lowest BCUT2D eigenvalue weighted by Gasteiger charge is -2.39. The van der Waals surface area contributed by atoms with Crippen LogP contribution in [0.2, 0.25) is 0 Å². The summed E-state index contributed by atoms with van der Waals surface area (Å²) in [5.74, 6) is -0.653. The highest BCUT2D eigenvalue weighted by Gasteiger charge is 2.58. The van der Waals surface area contributed by atoms with E-state index in [4.69, 9.17) is 4.74 Å². The molecule has 0 aliphatic carbocycles. The first kappa shape index (κ1) is 23.4. The van der Waals surface area contributed by atoms with Crippen LogP contribution < -0.4 is 4.48 Å². The van der Waals surface area contributed by atoms with Crippen molar-refractivity contribution < 1.29 is 27.9 Å². The molecule has 4 rings (SSSR count). The van der Waals surface area contributed by atoms with Crippen LogP contribution in [-0.4, -0.2) is 48.2 Å². The summed E-state index contributed by atoms with van der Waals surface area (Å²) in [7, 11) is -3.11. The first-order valence-electron chi connectivity index (χ1n) is 10.9. The van der Waals surface area contributed by atoms with Crippen molar-refractivity contribution >= 4 is 49.1 Å². The number of carbonyl (C=O) groups excluding carboxylic acids is 1. The second-order valence-corrected chi connectivity index (χ2v) is 13.3. The van der Waals surface area contributed by atoms with Crippen LogP contribution in [0, 0.1) is 5.92 Å². The topological polar surface area (TPSA) is 97.7 Å². The Balaban J connectivity index is 1.96. The van der Waals surface area contributed by atoms with Crippen LogP contribution in [0.5, 0.6) is 0 Å². The maximum atomic E-state index is 12.9. The Hall–Kier alpha value is -1.71. The van der Waals surface area contributed by atoms with E-state index in [1.54, 1.807) is 19.2 Å². The van der Waals surface area contributed by atoms with Crippen molar-refractivity contribution in [1.82, 2.24) is 4.48 Å². The molecule has 174 valence electrons. The molecule has 1 N–H and O–H groups in total. The predicted molar refractivity (Wildman–Crippen MR) is 126 cm³/mol. The van der Waals surface area contributed by atoms with Crippen molar-refractivity contribution in [3.63, 3.8) is 0 Å². The number of esters is 1. The van der Waals surface area contributed by atoms with Crippen LogP contribution in [0.15, 0.2) is 22.8 Å². The number of carbonyl (C=O) groups is 2. The summed E-state index contributed by atoms with van der Waals surface area (Å²) in [5, 5.41) is 9.77. The highest BCUT2D eigenvalue weighted by Crippen LogP contribution is 2.55. The van der Waals surface area contributed by atoms with Crippen LogP contribution in [0.25, 0.3) is 5.57 Å². The SMILES string of the molecule is CCOC(=O)c1cc(Br)cc2c1[N+](C(=O)O)(C(C)(C)C)C=C2C1CC2CCC(C1)S2(=O)=O. The van der Waals surface area contributed by atoms with Gasteiger partial charge in [-0.2, -0.15) is 9.28 Å². The Kier molecular flexibility index (Phi) is 5.62. The molecule has 7 nitrogen and oxygen atoms in total. The number of rotatable bonds is 3. The van der Waals surface area contributed by atoms with Gasteiger partial charge in [-0.15, -0.1) is 0 Å². The van der Waals surface area contributed by atoms with Gasteiger partial charge in [0.25, 0.3) is 0 Å². The Morgan fingerprint density at radius 3 is 2.28 bits per heavy atom. The molecule has 1 aromatic rings. The second-order valence-electron chi connectivity index (χ2n) is 9.91. The third kappa shape index (κ3) is 3.27. The van der Waals surface area contributed by atoms with Gasteiger partial charge in [0.05, 0.1) is 17.1 Å². The van der Waals surface area contributed by atoms with Gasteiger partial charge >= 0.3 is 12.1 Å². The lowest BCUT2D eigenvalue weighted by molar-refractivity contribution is 0.0523. The summed E-state index contributed by atoms with van der Waals surface area (Å²) in [6, 6.07) is 3.47. The smallest absolute Gasteiger partial charge is 0.462 e. The minimum absolute atomic E-state index is 0.0826. The van der Waals surface area contributed by atoms with Crippen LogP contribution >= 0.6 is 15.9 Å². The Labute approximate surface area is 197 Å². The molecule has 0 spiro atoms. The number of halogens is 1. The third-order valence-electron chi connectivity index (χ3n) is 7.20. The zero-order valence-corrected chi connectivity index (χ0v) is 21.1. The summed E-state index contributed by atoms with van der Waals surface area (Å²) in [6.07, 6.45) is 2.94. The maximum Gasteiger partial charge on any atom is 0.524 e. The first-order valence-corrected chi connectivity index (χ1v) is 13.3. The highest BCUT2D eigenvalue weighted by molar-refractivity contribution is 9.10. The molecule has 1 amide bonds. The quantitative estimate of drug-likeness (QED) is 0.433. The van der Waals surface area contributed by atoms with Crippen molar-refractivity contribution in [2.45, 2.75) is 69.4 Å². The Bertz CT molecular complexity index is 1120. The lowest BCUT2D eigenvalue weighted by atomic mass is 9.87. The summed E-state index contributed by atoms with van der Waals surface area (Å²) in [4.78, 5) is 25.8. The van der Waals surface area contributed by atoms with Gasteiger partial charge in [-0.05, 0) is 71.4 Å². The molecule has 3 aliphatic rings. The molecule has 3 heterocycles. The summed E-state index contributed by atoms with van der Waals surface area (Å²) >= 11 is 3.48. The van der Waals surface area contributed by atoms with Gasteiger partial charge in [0, 0.05) is 15.6 Å². The van der Waals surface area contributed by atoms with Crippen molar-refractivity contribution in [3.8, 4) is 0 Å². The van der Waals surface area contributed by atoms with Gasteiger partial charge in [-0.3, -0.25) is 0 Å². The number of hydrogen-bond acceptors (Lipinski definition) is 5. The van der Waals surface area contributed by atoms with Gasteiger partial charge in [0.15, 0.2) is 15.5 Å². The van der Waals surface area contributed by atoms with E-state index in [9.17, 15) is 23.1 Å². The first-order chi connectivity index (χ1) is 14.8. The highest BCUT2D eigenvalue weighted by atomic mass is 79.9. The number of amides is 1. The monoisotopic (exact) mass is 526 g/mol. The summed E-state index contributed by atoms with van der Waals surface area (Å²) in [6.45, 7) is 7.37. The average molecular weight is 527 g/mol. The molecular weight excluding hydrogens is 498 g/mol. The number of fused-ring (bicyclic) bond motifs is 3. The van der Waals surface area contributed by atoms with Crippen LogP contribution in [0.4, 0.5) is 10.5 Å². The summed E-state index contributed by atoms with van der Waals surface area (Å²) < 4.78 is 30.7. The minimum atomic E-state index is -3.11. The molecule has 3 atom stereocenters. The number of nitrogens with zero attached hydrogens (tertiary/aromatic N) is 1. The maximum absolute atomic E-state index is 12.9. The molecule has 2 saturated heterocycles. The van der Waals surface area contributed by atoms with E-state index in [1.165, 1.54) is 0 Å². The zero-order chi connectivity index (χ0) is 23.6. The van der Waals surface area contributed by atoms with Gasteiger partial charge in [0.2, 0.25) is 0 Å². The van der Waals surface area contributed by atoms with E-state index in [1.807, 2.05) is 26.8 Å². The molecule has 0 radical (unpaired) electrons. The van der Waals surface area contributed by atoms with Crippen molar-refractivity contribution in [2.24, 2.45) is 5.92 Å². The van der Waals surface area contributed by atoms with Crippen molar-refractivity contribution in [2.75, 3.05) is 6.61 Å². The molecule has 0 aromatic heterocycles. The van der Waals surface area contributed by atoms with E-state index >= 15 is 0 Å². The molecule has 9 heteroatoms. The fraction of sp³-hybridized carbons (Fsp3) is 0.565. The molecular formula is C23H29BrNO6S+. The molecule has 1 aromatic carbocycles. The van der Waals surface area contributed by atoms with Crippen LogP contribution in [0.1, 0.15) is 69.3 Å². The number of ether oxygens (including phenoxy) is 1. The van der Waals surface area contributed by atoms with Gasteiger partial charge in [0.1, 0.15) is 17.3 Å². The minimum Gasteiger partial charge on any atom is -0.462 e. The van der Waals surface area contributed by atoms with Gasteiger partial charge < -0.3 is 9.84 Å². The van der Waals surface area contributed by atoms with E-state index in [0.717, 1.165) is 5.57 Å². The van der Waals surface area contributed by atoms with Gasteiger partial charge in [-0.1, -0.05) is 15.9 Å². The number of benzene rings is 1. The Morgan fingerprint density at radius 1 is 1.19 bits per heavy atom. The molecule has 32 heavy (non-hydrogen) atoms. The molecule has 2 bridgehead atoms. The number of carboxylic acid groups (broad SMARTS) is 1. The van der Waals surface area contributed by atoms with Crippen LogP contribution in [0.3, 0.4) is 0 Å². The average Bonchev–Trinajstić information content (AvgIpc) is 3.04. The van der Waals surface area contributed by atoms with E-state index in [-0.39, 0.29) is 28.6 Å². The van der Waals surface area contributed by atoms with Crippen molar-refractivity contribution in [1.29, 1.82) is 0 Å². The number of allylic oxidation sites excluding steroid dienone is 1.